The van der Waals surface area contributed by atoms with E-state index in [1.54, 1.807) is 11.8 Å². The van der Waals surface area contributed by atoms with Crippen LogP contribution in [0.3, 0.4) is 0 Å². The van der Waals surface area contributed by atoms with Crippen molar-refractivity contribution in [3.63, 3.8) is 0 Å². The number of hydrogen-bond donors (Lipinski definition) is 1. The SMILES string of the molecule is C#CCNC(=O)C(C)SCCCOc1ccc(C(C)(C)C)cc1. The summed E-state index contributed by atoms with van der Waals surface area (Å²) in [5, 5.41) is 2.60. The Bertz CT molecular complexity index is 526. The maximum Gasteiger partial charge on any atom is 0.233 e. The first-order chi connectivity index (χ1) is 10.8. The molecule has 1 rings (SSSR count). The Morgan fingerprint density at radius 1 is 1.35 bits per heavy atom. The minimum Gasteiger partial charge on any atom is -0.494 e. The summed E-state index contributed by atoms with van der Waals surface area (Å²) in [6, 6.07) is 8.26. The number of rotatable bonds is 8. The zero-order valence-corrected chi connectivity index (χ0v) is 15.3. The van der Waals surface area contributed by atoms with Crippen LogP contribution in [0.25, 0.3) is 0 Å². The van der Waals surface area contributed by atoms with E-state index < -0.39 is 0 Å². The number of thioether (sulfide) groups is 1. The van der Waals surface area contributed by atoms with E-state index in [9.17, 15) is 4.79 Å². The lowest BCUT2D eigenvalue weighted by molar-refractivity contribution is -0.120. The van der Waals surface area contributed by atoms with Gasteiger partial charge in [-0.25, -0.2) is 0 Å². The van der Waals surface area contributed by atoms with Crippen LogP contribution in [0.1, 0.15) is 39.7 Å². The standard InChI is InChI=1S/C19H27NO2S/c1-6-12-20-18(21)15(2)23-14-7-13-22-17-10-8-16(9-11-17)19(3,4)5/h1,8-11,15H,7,12-14H2,2-5H3,(H,20,21). The molecule has 23 heavy (non-hydrogen) atoms. The van der Waals surface area contributed by atoms with Crippen LogP contribution in [-0.2, 0) is 10.2 Å². The summed E-state index contributed by atoms with van der Waals surface area (Å²) in [7, 11) is 0. The molecule has 0 aliphatic carbocycles. The van der Waals surface area contributed by atoms with Gasteiger partial charge in [0.15, 0.2) is 0 Å². The number of ether oxygens (including phenoxy) is 1. The third kappa shape index (κ3) is 7.47. The molecule has 126 valence electrons. The van der Waals surface area contributed by atoms with Gasteiger partial charge in [-0.15, -0.1) is 18.2 Å². The monoisotopic (exact) mass is 333 g/mol. The molecule has 1 atom stereocenters. The number of nitrogens with one attached hydrogen (secondary N) is 1. The number of terminal acetylenes is 1. The van der Waals surface area contributed by atoms with Crippen LogP contribution < -0.4 is 10.1 Å². The predicted molar refractivity (Wildman–Crippen MR) is 99.0 cm³/mol. The molecule has 1 aromatic rings. The fourth-order valence-corrected chi connectivity index (χ4v) is 2.79. The summed E-state index contributed by atoms with van der Waals surface area (Å²) in [6.07, 6.45) is 6.02. The van der Waals surface area contributed by atoms with E-state index in [1.807, 2.05) is 19.1 Å². The van der Waals surface area contributed by atoms with E-state index in [1.165, 1.54) is 5.56 Å². The van der Waals surface area contributed by atoms with Crippen molar-refractivity contribution < 1.29 is 9.53 Å². The second kappa shape index (κ2) is 9.52. The molecule has 1 amide bonds. The molecule has 1 aromatic carbocycles. The summed E-state index contributed by atoms with van der Waals surface area (Å²) in [5.41, 5.74) is 1.46. The van der Waals surface area contributed by atoms with Crippen LogP contribution in [0.15, 0.2) is 24.3 Å². The van der Waals surface area contributed by atoms with E-state index in [0.29, 0.717) is 6.61 Å². The third-order valence-electron chi connectivity index (χ3n) is 3.38. The molecule has 0 saturated heterocycles. The van der Waals surface area contributed by atoms with E-state index in [-0.39, 0.29) is 23.1 Å². The first-order valence-electron chi connectivity index (χ1n) is 7.90. The molecule has 1 N–H and O–H groups in total. The number of benzene rings is 1. The lowest BCUT2D eigenvalue weighted by Crippen LogP contribution is -2.31. The number of hydrogen-bond acceptors (Lipinski definition) is 3. The van der Waals surface area contributed by atoms with Gasteiger partial charge in [-0.05, 0) is 42.2 Å². The van der Waals surface area contributed by atoms with Gasteiger partial charge in [0.2, 0.25) is 5.91 Å². The van der Waals surface area contributed by atoms with E-state index >= 15 is 0 Å². The number of carbonyl (C=O) groups excluding carboxylic acids is 1. The summed E-state index contributed by atoms with van der Waals surface area (Å²) in [4.78, 5) is 11.6. The quantitative estimate of drug-likeness (QED) is 0.583. The van der Waals surface area contributed by atoms with Gasteiger partial charge in [-0.1, -0.05) is 38.8 Å². The van der Waals surface area contributed by atoms with Gasteiger partial charge >= 0.3 is 0 Å². The van der Waals surface area contributed by atoms with Crippen molar-refractivity contribution in [2.24, 2.45) is 0 Å². The largest absolute Gasteiger partial charge is 0.494 e. The van der Waals surface area contributed by atoms with Crippen molar-refractivity contribution in [1.29, 1.82) is 0 Å². The Morgan fingerprint density at radius 2 is 2.00 bits per heavy atom. The van der Waals surface area contributed by atoms with Crippen LogP contribution >= 0.6 is 11.8 Å². The normalized spacial score (nSPS) is 12.3. The Kier molecular flexibility index (Phi) is 8.05. The fourth-order valence-electron chi connectivity index (χ4n) is 1.92. The van der Waals surface area contributed by atoms with Crippen molar-refractivity contribution in [1.82, 2.24) is 5.32 Å². The van der Waals surface area contributed by atoms with Crippen molar-refractivity contribution in [2.45, 2.75) is 44.8 Å². The predicted octanol–water partition coefficient (Wildman–Crippen LogP) is 3.62. The zero-order chi connectivity index (χ0) is 17.3. The second-order valence-electron chi connectivity index (χ2n) is 6.41. The molecule has 0 radical (unpaired) electrons. The van der Waals surface area contributed by atoms with Gasteiger partial charge in [0, 0.05) is 0 Å². The van der Waals surface area contributed by atoms with Crippen LogP contribution in [-0.4, -0.2) is 30.1 Å². The smallest absolute Gasteiger partial charge is 0.233 e. The van der Waals surface area contributed by atoms with Crippen molar-refractivity contribution in [2.75, 3.05) is 18.9 Å². The fraction of sp³-hybridized carbons (Fsp3) is 0.526. The van der Waals surface area contributed by atoms with Crippen LogP contribution in [0, 0.1) is 12.3 Å². The first kappa shape index (κ1) is 19.4. The summed E-state index contributed by atoms with van der Waals surface area (Å²) < 4.78 is 5.74. The van der Waals surface area contributed by atoms with Gasteiger partial charge in [0.1, 0.15) is 5.75 Å². The molecule has 0 aliphatic rings. The van der Waals surface area contributed by atoms with Gasteiger partial charge in [0.05, 0.1) is 18.4 Å². The molecule has 0 aromatic heterocycles. The average molecular weight is 333 g/mol. The van der Waals surface area contributed by atoms with Gasteiger partial charge < -0.3 is 10.1 Å². The van der Waals surface area contributed by atoms with Crippen LogP contribution in [0.2, 0.25) is 0 Å². The maximum absolute atomic E-state index is 11.6. The van der Waals surface area contributed by atoms with Gasteiger partial charge in [-0.3, -0.25) is 4.79 Å². The molecule has 0 saturated carbocycles. The maximum atomic E-state index is 11.6. The highest BCUT2D eigenvalue weighted by molar-refractivity contribution is 8.00. The van der Waals surface area contributed by atoms with Crippen molar-refractivity contribution >= 4 is 17.7 Å². The summed E-state index contributed by atoms with van der Waals surface area (Å²) in [5.74, 6) is 4.16. The zero-order valence-electron chi connectivity index (χ0n) is 14.5. The van der Waals surface area contributed by atoms with Gasteiger partial charge in [0.25, 0.3) is 0 Å². The molecular weight excluding hydrogens is 306 g/mol. The third-order valence-corrected chi connectivity index (χ3v) is 4.62. The van der Waals surface area contributed by atoms with Crippen molar-refractivity contribution in [3.05, 3.63) is 29.8 Å². The molecule has 0 fully saturated rings. The molecular formula is C19H27NO2S. The van der Waals surface area contributed by atoms with E-state index in [0.717, 1.165) is 17.9 Å². The Hall–Kier alpha value is -1.60. The lowest BCUT2D eigenvalue weighted by atomic mass is 9.87. The highest BCUT2D eigenvalue weighted by Gasteiger charge is 2.13. The lowest BCUT2D eigenvalue weighted by Gasteiger charge is -2.19. The summed E-state index contributed by atoms with van der Waals surface area (Å²) >= 11 is 1.62. The molecule has 0 heterocycles. The first-order valence-corrected chi connectivity index (χ1v) is 8.95. The molecule has 0 spiro atoms. The van der Waals surface area contributed by atoms with Crippen molar-refractivity contribution in [3.8, 4) is 18.1 Å². The number of carbonyl (C=O) groups is 1. The Balaban J connectivity index is 2.23. The average Bonchev–Trinajstić information content (AvgIpc) is 2.51. The molecule has 0 aliphatic heterocycles. The molecule has 4 heteroatoms. The minimum atomic E-state index is -0.0885. The molecule has 0 bridgehead atoms. The summed E-state index contributed by atoms with van der Waals surface area (Å²) in [6.45, 7) is 9.42. The van der Waals surface area contributed by atoms with Gasteiger partial charge in [-0.2, -0.15) is 0 Å². The van der Waals surface area contributed by atoms with E-state index in [4.69, 9.17) is 11.2 Å². The topological polar surface area (TPSA) is 38.3 Å². The Labute approximate surface area is 144 Å². The highest BCUT2D eigenvalue weighted by Crippen LogP contribution is 2.24. The Morgan fingerprint density at radius 3 is 2.57 bits per heavy atom. The van der Waals surface area contributed by atoms with E-state index in [2.05, 4.69) is 44.1 Å². The van der Waals surface area contributed by atoms with Crippen LogP contribution in [0.5, 0.6) is 5.75 Å². The number of amides is 1. The van der Waals surface area contributed by atoms with Crippen LogP contribution in [0.4, 0.5) is 0 Å². The second-order valence-corrected chi connectivity index (χ2v) is 7.86. The molecule has 3 nitrogen and oxygen atoms in total. The minimum absolute atomic E-state index is 0.00774. The highest BCUT2D eigenvalue weighted by atomic mass is 32.2. The molecule has 1 unspecified atom stereocenters.